The molecular formula is C17H27NO2. The Morgan fingerprint density at radius 3 is 2.65 bits per heavy atom. The first-order valence-corrected chi connectivity index (χ1v) is 7.76. The molecule has 0 spiro atoms. The molecule has 0 aromatic heterocycles. The number of aliphatic hydroxyl groups is 1. The summed E-state index contributed by atoms with van der Waals surface area (Å²) in [5.74, 6) is 1.54. The van der Waals surface area contributed by atoms with Gasteiger partial charge in [0.1, 0.15) is 18.5 Å². The Balaban J connectivity index is 1.67. The molecule has 0 aliphatic heterocycles. The van der Waals surface area contributed by atoms with Crippen LogP contribution in [-0.2, 0) is 0 Å². The van der Waals surface area contributed by atoms with Crippen molar-refractivity contribution in [2.75, 3.05) is 13.2 Å². The Hall–Kier alpha value is -1.06. The lowest BCUT2D eigenvalue weighted by atomic mass is 9.86. The normalized spacial score (nSPS) is 24.4. The second kappa shape index (κ2) is 7.65. The van der Waals surface area contributed by atoms with E-state index in [1.54, 1.807) is 0 Å². The fraction of sp³-hybridized carbons (Fsp3) is 0.647. The molecule has 0 amide bonds. The largest absolute Gasteiger partial charge is 0.491 e. The van der Waals surface area contributed by atoms with E-state index in [2.05, 4.69) is 12.2 Å². The number of ether oxygens (including phenoxy) is 1. The molecule has 3 unspecified atom stereocenters. The third-order valence-electron chi connectivity index (χ3n) is 4.19. The van der Waals surface area contributed by atoms with Crippen molar-refractivity contribution in [3.63, 3.8) is 0 Å². The summed E-state index contributed by atoms with van der Waals surface area (Å²) in [5, 5.41) is 13.5. The van der Waals surface area contributed by atoms with E-state index in [0.29, 0.717) is 25.1 Å². The van der Waals surface area contributed by atoms with E-state index in [1.165, 1.54) is 31.2 Å². The van der Waals surface area contributed by atoms with Gasteiger partial charge in [0.15, 0.2) is 0 Å². The zero-order valence-electron chi connectivity index (χ0n) is 12.6. The summed E-state index contributed by atoms with van der Waals surface area (Å²) in [6.45, 7) is 5.30. The summed E-state index contributed by atoms with van der Waals surface area (Å²) in [6, 6.07) is 8.47. The second-order valence-corrected chi connectivity index (χ2v) is 6.05. The minimum Gasteiger partial charge on any atom is -0.491 e. The number of aliphatic hydroxyl groups excluding tert-OH is 1. The number of rotatable bonds is 6. The van der Waals surface area contributed by atoms with E-state index in [-0.39, 0.29) is 0 Å². The first kappa shape index (κ1) is 15.3. The number of benzene rings is 1. The van der Waals surface area contributed by atoms with Crippen molar-refractivity contribution in [2.24, 2.45) is 5.92 Å². The highest BCUT2D eigenvalue weighted by Gasteiger charge is 2.21. The van der Waals surface area contributed by atoms with Gasteiger partial charge in [-0.2, -0.15) is 0 Å². The lowest BCUT2D eigenvalue weighted by Crippen LogP contribution is -2.42. The quantitative estimate of drug-likeness (QED) is 0.840. The van der Waals surface area contributed by atoms with Crippen LogP contribution in [-0.4, -0.2) is 30.4 Å². The molecule has 1 aromatic carbocycles. The Labute approximate surface area is 122 Å². The van der Waals surface area contributed by atoms with Crippen molar-refractivity contribution in [3.8, 4) is 5.75 Å². The summed E-state index contributed by atoms with van der Waals surface area (Å²) >= 11 is 0. The average Bonchev–Trinajstić information content (AvgIpc) is 2.46. The molecule has 112 valence electrons. The van der Waals surface area contributed by atoms with Crippen LogP contribution in [0, 0.1) is 12.8 Å². The summed E-state index contributed by atoms with van der Waals surface area (Å²) in [6.07, 6.45) is 4.72. The lowest BCUT2D eigenvalue weighted by Gasteiger charge is -2.30. The van der Waals surface area contributed by atoms with Crippen molar-refractivity contribution in [1.29, 1.82) is 0 Å². The summed E-state index contributed by atoms with van der Waals surface area (Å²) in [7, 11) is 0. The van der Waals surface area contributed by atoms with Crippen LogP contribution in [0.2, 0.25) is 0 Å². The summed E-state index contributed by atoms with van der Waals surface area (Å²) in [5.41, 5.74) is 1.21. The number of nitrogens with one attached hydrogen (secondary N) is 1. The minimum absolute atomic E-state index is 0.344. The number of hydrogen-bond acceptors (Lipinski definition) is 3. The zero-order chi connectivity index (χ0) is 14.4. The topological polar surface area (TPSA) is 41.5 Å². The minimum atomic E-state index is -0.453. The molecule has 1 fully saturated rings. The van der Waals surface area contributed by atoms with Crippen LogP contribution in [0.15, 0.2) is 24.3 Å². The highest BCUT2D eigenvalue weighted by Crippen LogP contribution is 2.23. The van der Waals surface area contributed by atoms with Gasteiger partial charge in [-0.25, -0.2) is 0 Å². The lowest BCUT2D eigenvalue weighted by molar-refractivity contribution is 0.0985. The van der Waals surface area contributed by atoms with Gasteiger partial charge in [-0.3, -0.25) is 0 Å². The van der Waals surface area contributed by atoms with E-state index in [4.69, 9.17) is 4.74 Å². The third-order valence-corrected chi connectivity index (χ3v) is 4.19. The fourth-order valence-corrected chi connectivity index (χ4v) is 2.79. The Morgan fingerprint density at radius 1 is 1.25 bits per heavy atom. The van der Waals surface area contributed by atoms with Gasteiger partial charge in [0.2, 0.25) is 0 Å². The monoisotopic (exact) mass is 277 g/mol. The van der Waals surface area contributed by atoms with Crippen LogP contribution in [0.25, 0.3) is 0 Å². The fourth-order valence-electron chi connectivity index (χ4n) is 2.79. The Bertz CT molecular complexity index is 390. The van der Waals surface area contributed by atoms with Crippen LogP contribution < -0.4 is 10.1 Å². The van der Waals surface area contributed by atoms with Gasteiger partial charge in [-0.05, 0) is 37.8 Å². The maximum Gasteiger partial charge on any atom is 0.119 e. The van der Waals surface area contributed by atoms with Crippen LogP contribution in [0.1, 0.15) is 38.2 Å². The molecule has 1 aliphatic rings. The van der Waals surface area contributed by atoms with E-state index in [1.807, 2.05) is 31.2 Å². The number of hydrogen-bond donors (Lipinski definition) is 2. The average molecular weight is 277 g/mol. The molecule has 3 atom stereocenters. The molecule has 1 aromatic rings. The predicted molar refractivity (Wildman–Crippen MR) is 82.1 cm³/mol. The molecule has 3 heteroatoms. The highest BCUT2D eigenvalue weighted by molar-refractivity contribution is 5.26. The van der Waals surface area contributed by atoms with Gasteiger partial charge in [0.25, 0.3) is 0 Å². The molecule has 0 radical (unpaired) electrons. The molecule has 20 heavy (non-hydrogen) atoms. The van der Waals surface area contributed by atoms with Gasteiger partial charge < -0.3 is 15.2 Å². The van der Waals surface area contributed by atoms with E-state index >= 15 is 0 Å². The molecule has 0 saturated heterocycles. The van der Waals surface area contributed by atoms with Crippen molar-refractivity contribution in [3.05, 3.63) is 29.8 Å². The maximum atomic E-state index is 9.99. The molecule has 1 aliphatic carbocycles. The summed E-state index contributed by atoms with van der Waals surface area (Å²) < 4.78 is 5.60. The molecular weight excluding hydrogens is 250 g/mol. The van der Waals surface area contributed by atoms with Gasteiger partial charge >= 0.3 is 0 Å². The van der Waals surface area contributed by atoms with Gasteiger partial charge in [-0.1, -0.05) is 37.5 Å². The molecule has 1 saturated carbocycles. The van der Waals surface area contributed by atoms with Crippen molar-refractivity contribution < 1.29 is 9.84 Å². The molecule has 2 rings (SSSR count). The van der Waals surface area contributed by atoms with Gasteiger partial charge in [0, 0.05) is 12.6 Å². The van der Waals surface area contributed by atoms with E-state index in [0.717, 1.165) is 5.75 Å². The predicted octanol–water partition coefficient (Wildman–Crippen LogP) is 2.90. The molecule has 0 heterocycles. The summed E-state index contributed by atoms with van der Waals surface area (Å²) in [4.78, 5) is 0. The first-order chi connectivity index (χ1) is 9.65. The molecule has 0 bridgehead atoms. The Morgan fingerprint density at radius 2 is 1.95 bits per heavy atom. The molecule has 2 N–H and O–H groups in total. The SMILES string of the molecule is Cc1ccc(OCC(O)CNC2CCCCC2C)cc1. The van der Waals surface area contributed by atoms with Crippen LogP contribution in [0.4, 0.5) is 0 Å². The van der Waals surface area contributed by atoms with Crippen LogP contribution >= 0.6 is 0 Å². The molecule has 3 nitrogen and oxygen atoms in total. The van der Waals surface area contributed by atoms with Crippen LogP contribution in [0.5, 0.6) is 5.75 Å². The van der Waals surface area contributed by atoms with E-state index in [9.17, 15) is 5.11 Å². The van der Waals surface area contributed by atoms with Crippen molar-refractivity contribution in [2.45, 2.75) is 51.7 Å². The second-order valence-electron chi connectivity index (χ2n) is 6.05. The van der Waals surface area contributed by atoms with E-state index < -0.39 is 6.10 Å². The zero-order valence-corrected chi connectivity index (χ0v) is 12.6. The number of aryl methyl sites for hydroxylation is 1. The highest BCUT2D eigenvalue weighted by atomic mass is 16.5. The maximum absolute atomic E-state index is 9.99. The third kappa shape index (κ3) is 4.80. The Kier molecular flexibility index (Phi) is 5.86. The van der Waals surface area contributed by atoms with Gasteiger partial charge in [-0.15, -0.1) is 0 Å². The van der Waals surface area contributed by atoms with Gasteiger partial charge in [0.05, 0.1) is 0 Å². The van der Waals surface area contributed by atoms with Crippen molar-refractivity contribution in [1.82, 2.24) is 5.32 Å². The van der Waals surface area contributed by atoms with Crippen LogP contribution in [0.3, 0.4) is 0 Å². The first-order valence-electron chi connectivity index (χ1n) is 7.76. The smallest absolute Gasteiger partial charge is 0.119 e. The standard InChI is InChI=1S/C17H27NO2/c1-13-7-9-16(10-8-13)20-12-15(19)11-18-17-6-4-3-5-14(17)2/h7-10,14-15,17-19H,3-6,11-12H2,1-2H3. The van der Waals surface area contributed by atoms with Crippen molar-refractivity contribution >= 4 is 0 Å².